The number of hydrogen-bond donors (Lipinski definition) is 3. The Morgan fingerprint density at radius 3 is 2.80 bits per heavy atom. The van der Waals surface area contributed by atoms with Crippen LogP contribution in [0.3, 0.4) is 0 Å². The molecule has 2 amide bonds. The summed E-state index contributed by atoms with van der Waals surface area (Å²) in [5.41, 5.74) is 0.336. The van der Waals surface area contributed by atoms with Crippen LogP contribution >= 0.6 is 23.5 Å². The molecule has 2 aliphatic rings. The van der Waals surface area contributed by atoms with Crippen molar-refractivity contribution in [2.45, 2.75) is 36.0 Å². The third-order valence-electron chi connectivity index (χ3n) is 4.22. The lowest BCUT2D eigenvalue weighted by Gasteiger charge is -2.49. The average Bonchev–Trinajstić information content (AvgIpc) is 3.15. The molecule has 2 aliphatic heterocycles. The van der Waals surface area contributed by atoms with E-state index in [1.54, 1.807) is 6.07 Å². The minimum absolute atomic E-state index is 0.0704. The van der Waals surface area contributed by atoms with Gasteiger partial charge in [0, 0.05) is 11.5 Å². The molecule has 0 spiro atoms. The Morgan fingerprint density at radius 2 is 2.13 bits per heavy atom. The van der Waals surface area contributed by atoms with Gasteiger partial charge in [0.2, 0.25) is 11.1 Å². The molecule has 0 saturated carbocycles. The third kappa shape index (κ3) is 4.39. The van der Waals surface area contributed by atoms with Gasteiger partial charge in [-0.3, -0.25) is 19.3 Å². The number of nitrogens with zero attached hydrogens (tertiary/aromatic N) is 6. The zero-order valence-corrected chi connectivity index (χ0v) is 16.9. The van der Waals surface area contributed by atoms with Crippen molar-refractivity contribution >= 4 is 47.3 Å². The second-order valence-corrected chi connectivity index (χ2v) is 8.21. The minimum Gasteiger partial charge on any atom is -0.481 e. The number of carbonyl (C=O) groups is 4. The summed E-state index contributed by atoms with van der Waals surface area (Å²) < 4.78 is 1.31. The van der Waals surface area contributed by atoms with Gasteiger partial charge in [-0.15, -0.1) is 16.9 Å². The Hall–Kier alpha value is -3.12. The first-order chi connectivity index (χ1) is 14.3. The van der Waals surface area contributed by atoms with E-state index in [0.717, 1.165) is 16.7 Å². The predicted molar refractivity (Wildman–Crippen MR) is 101 cm³/mol. The van der Waals surface area contributed by atoms with E-state index in [0.29, 0.717) is 16.5 Å². The highest BCUT2D eigenvalue weighted by molar-refractivity contribution is 8.01. The van der Waals surface area contributed by atoms with Crippen molar-refractivity contribution in [1.82, 2.24) is 30.4 Å². The van der Waals surface area contributed by atoms with Gasteiger partial charge in [0.1, 0.15) is 23.5 Å². The molecule has 1 aromatic heterocycles. The maximum atomic E-state index is 12.5. The number of aryl methyl sites for hydroxylation is 1. The van der Waals surface area contributed by atoms with Crippen LogP contribution in [0.25, 0.3) is 0 Å². The Balaban J connectivity index is 1.71. The smallest absolute Gasteiger partial charge is 0.352 e. The number of thioether (sulfide) groups is 2. The van der Waals surface area contributed by atoms with E-state index in [1.807, 2.05) is 0 Å². The highest BCUT2D eigenvalue weighted by atomic mass is 32.2. The number of nitrogens with one attached hydrogen (secondary N) is 1. The number of nitriles is 1. The summed E-state index contributed by atoms with van der Waals surface area (Å²) in [6, 6.07) is 0.819. The molecule has 158 valence electrons. The van der Waals surface area contributed by atoms with Crippen molar-refractivity contribution in [1.29, 1.82) is 5.26 Å². The molecule has 15 heteroatoms. The molecule has 3 N–H and O–H groups in total. The standard InChI is InChI=1S/C15H15N7O6S2/c16-3-1-8(23)17-10-12(26)22-11(14(27)28)7(5-29-13(10)22)6-30-15-18-19-20-21(15)4-2-9(24)25/h10,13H,1-2,4-6H2,(H,17,23)(H,24,25)(H,27,28)/t10?,13-/m1/s1. The van der Waals surface area contributed by atoms with Crippen molar-refractivity contribution in [2.75, 3.05) is 11.5 Å². The minimum atomic E-state index is -1.27. The number of aromatic nitrogens is 4. The van der Waals surface area contributed by atoms with E-state index in [-0.39, 0.29) is 30.8 Å². The Kier molecular flexibility index (Phi) is 6.57. The maximum absolute atomic E-state index is 12.5. The monoisotopic (exact) mass is 453 g/mol. The topological polar surface area (TPSA) is 191 Å². The van der Waals surface area contributed by atoms with E-state index in [1.165, 1.54) is 16.4 Å². The average molecular weight is 453 g/mol. The fourth-order valence-electron chi connectivity index (χ4n) is 2.88. The van der Waals surface area contributed by atoms with Crippen molar-refractivity contribution in [3.05, 3.63) is 11.3 Å². The molecule has 2 atom stereocenters. The maximum Gasteiger partial charge on any atom is 0.352 e. The summed E-state index contributed by atoms with van der Waals surface area (Å²) >= 11 is 2.44. The molecule has 0 radical (unpaired) electrons. The molecular formula is C15H15N7O6S2. The number of β-lactam (4-membered cyclic amide) rings is 1. The molecule has 3 heterocycles. The number of hydrogen-bond acceptors (Lipinski definition) is 10. The molecule has 1 fully saturated rings. The van der Waals surface area contributed by atoms with E-state index >= 15 is 0 Å². The third-order valence-corrected chi connectivity index (χ3v) is 6.60. The summed E-state index contributed by atoms with van der Waals surface area (Å²) in [6.07, 6.45) is -0.554. The molecule has 13 nitrogen and oxygen atoms in total. The van der Waals surface area contributed by atoms with E-state index in [4.69, 9.17) is 10.4 Å². The van der Waals surface area contributed by atoms with Gasteiger partial charge < -0.3 is 15.5 Å². The number of carboxylic acid groups (broad SMARTS) is 2. The van der Waals surface area contributed by atoms with Crippen LogP contribution in [0, 0.1) is 11.3 Å². The molecule has 0 aliphatic carbocycles. The largest absolute Gasteiger partial charge is 0.481 e. The van der Waals surface area contributed by atoms with Crippen LogP contribution in [0.1, 0.15) is 12.8 Å². The molecule has 30 heavy (non-hydrogen) atoms. The van der Waals surface area contributed by atoms with Crippen LogP contribution in [0.4, 0.5) is 0 Å². The van der Waals surface area contributed by atoms with Gasteiger partial charge in [-0.25, -0.2) is 9.48 Å². The summed E-state index contributed by atoms with van der Waals surface area (Å²) in [6.45, 7) is 0.0704. The van der Waals surface area contributed by atoms with Crippen LogP contribution in [0.15, 0.2) is 16.4 Å². The molecular weight excluding hydrogens is 438 g/mol. The lowest BCUT2D eigenvalue weighted by Crippen LogP contribution is -2.70. The fourth-order valence-corrected chi connectivity index (χ4v) is 5.27. The number of tetrazole rings is 1. The summed E-state index contributed by atoms with van der Waals surface area (Å²) in [5, 5.41) is 40.3. The van der Waals surface area contributed by atoms with Crippen LogP contribution in [0.5, 0.6) is 0 Å². The number of carboxylic acids is 2. The number of fused-ring (bicyclic) bond motifs is 1. The van der Waals surface area contributed by atoms with Gasteiger partial charge in [-0.2, -0.15) is 5.26 Å². The van der Waals surface area contributed by atoms with Crippen LogP contribution in [-0.4, -0.2) is 82.0 Å². The number of rotatable bonds is 9. The number of carbonyl (C=O) groups excluding carboxylic acids is 2. The van der Waals surface area contributed by atoms with Gasteiger partial charge in [-0.1, -0.05) is 11.8 Å². The zero-order valence-electron chi connectivity index (χ0n) is 15.2. The summed E-state index contributed by atoms with van der Waals surface area (Å²) in [4.78, 5) is 47.7. The van der Waals surface area contributed by atoms with Gasteiger partial charge >= 0.3 is 11.9 Å². The second-order valence-electron chi connectivity index (χ2n) is 6.16. The van der Waals surface area contributed by atoms with Crippen LogP contribution in [-0.2, 0) is 25.7 Å². The molecule has 1 unspecified atom stereocenters. The highest BCUT2D eigenvalue weighted by Crippen LogP contribution is 2.41. The molecule has 3 rings (SSSR count). The predicted octanol–water partition coefficient (Wildman–Crippen LogP) is -1.11. The Bertz CT molecular complexity index is 971. The van der Waals surface area contributed by atoms with Gasteiger partial charge in [0.05, 0.1) is 19.0 Å². The first kappa shape index (κ1) is 21.6. The van der Waals surface area contributed by atoms with E-state index < -0.39 is 35.2 Å². The van der Waals surface area contributed by atoms with Gasteiger partial charge in [0.25, 0.3) is 5.91 Å². The summed E-state index contributed by atoms with van der Waals surface area (Å²) in [7, 11) is 0. The second kappa shape index (κ2) is 9.13. The first-order valence-electron chi connectivity index (χ1n) is 8.50. The van der Waals surface area contributed by atoms with Gasteiger partial charge in [0.15, 0.2) is 0 Å². The normalized spacial score (nSPS) is 20.2. The SMILES string of the molecule is N#CCC(=O)NC1C(=O)N2C(C(=O)O)=C(CSc3nnnn3CCC(=O)O)CS[C@H]12. The van der Waals surface area contributed by atoms with E-state index in [9.17, 15) is 24.3 Å². The lowest BCUT2D eigenvalue weighted by molar-refractivity contribution is -0.150. The number of amides is 2. The quantitative estimate of drug-likeness (QED) is 0.302. The first-order valence-corrected chi connectivity index (χ1v) is 10.5. The molecule has 0 bridgehead atoms. The molecule has 0 aromatic carbocycles. The Morgan fingerprint density at radius 1 is 1.37 bits per heavy atom. The van der Waals surface area contributed by atoms with E-state index in [2.05, 4.69) is 20.8 Å². The van der Waals surface area contributed by atoms with Crippen molar-refractivity contribution in [3.8, 4) is 6.07 Å². The lowest BCUT2D eigenvalue weighted by atomic mass is 10.0. The van der Waals surface area contributed by atoms with Gasteiger partial charge in [-0.05, 0) is 16.0 Å². The fraction of sp³-hybridized carbons (Fsp3) is 0.467. The Labute approximate surface area is 177 Å². The van der Waals surface area contributed by atoms with Crippen molar-refractivity contribution in [2.24, 2.45) is 0 Å². The molecule has 1 saturated heterocycles. The number of aliphatic carboxylic acids is 2. The van der Waals surface area contributed by atoms with Crippen LogP contribution in [0.2, 0.25) is 0 Å². The van der Waals surface area contributed by atoms with Crippen LogP contribution < -0.4 is 5.32 Å². The van der Waals surface area contributed by atoms with Crippen molar-refractivity contribution < 1.29 is 29.4 Å². The van der Waals surface area contributed by atoms with Crippen molar-refractivity contribution in [3.63, 3.8) is 0 Å². The molecule has 1 aromatic rings. The highest BCUT2D eigenvalue weighted by Gasteiger charge is 2.54. The zero-order chi connectivity index (χ0) is 21.8. The summed E-state index contributed by atoms with van der Waals surface area (Å²) in [5.74, 6) is -2.92.